The molecule has 0 fully saturated rings. The van der Waals surface area contributed by atoms with E-state index in [1.807, 2.05) is 20.8 Å². The van der Waals surface area contributed by atoms with Crippen molar-refractivity contribution in [2.75, 3.05) is 0 Å². The van der Waals surface area contributed by atoms with Gasteiger partial charge >= 0.3 is 5.69 Å². The molecule has 3 N–H and O–H groups in total. The average molecular weight is 224 g/mol. The molecular weight excluding hydrogens is 208 g/mol. The molecule has 0 aromatic heterocycles. The number of nitrogens with zero attached hydrogens (tertiary/aromatic N) is 1. The highest BCUT2D eigenvalue weighted by Crippen LogP contribution is 2.34. The highest BCUT2D eigenvalue weighted by Gasteiger charge is 2.25. The summed E-state index contributed by atoms with van der Waals surface area (Å²) in [7, 11) is 0. The number of rotatable bonds is 2. The molecule has 0 aliphatic rings. The Kier molecular flexibility index (Phi) is 3.19. The topological polar surface area (TPSA) is 89.4 Å². The second-order valence-electron chi connectivity index (χ2n) is 4.85. The minimum Gasteiger partial charge on any atom is -0.502 e. The fraction of sp³-hybridized carbons (Fsp3) is 0.455. The fourth-order valence-corrected chi connectivity index (χ4v) is 1.38. The first-order valence-electron chi connectivity index (χ1n) is 4.96. The van der Waals surface area contributed by atoms with E-state index in [1.165, 1.54) is 12.1 Å². The van der Waals surface area contributed by atoms with Gasteiger partial charge in [-0.15, -0.1) is 0 Å². The van der Waals surface area contributed by atoms with Crippen LogP contribution in [0.1, 0.15) is 32.4 Å². The van der Waals surface area contributed by atoms with Crippen molar-refractivity contribution in [2.24, 2.45) is 11.1 Å². The molecule has 0 unspecified atom stereocenters. The lowest BCUT2D eigenvalue weighted by atomic mass is 9.83. The van der Waals surface area contributed by atoms with Gasteiger partial charge in [0, 0.05) is 12.1 Å². The molecule has 0 bridgehead atoms. The van der Waals surface area contributed by atoms with Gasteiger partial charge < -0.3 is 10.8 Å². The quantitative estimate of drug-likeness (QED) is 0.596. The van der Waals surface area contributed by atoms with Crippen LogP contribution in [0.3, 0.4) is 0 Å². The molecule has 0 amide bonds. The van der Waals surface area contributed by atoms with Crippen LogP contribution in [-0.4, -0.2) is 10.0 Å². The van der Waals surface area contributed by atoms with Gasteiger partial charge in [-0.3, -0.25) is 10.1 Å². The Hall–Kier alpha value is -1.62. The fourth-order valence-electron chi connectivity index (χ4n) is 1.38. The maximum Gasteiger partial charge on any atom is 0.311 e. The van der Waals surface area contributed by atoms with Gasteiger partial charge in [-0.2, -0.15) is 0 Å². The van der Waals surface area contributed by atoms with E-state index in [1.54, 1.807) is 6.07 Å². The van der Waals surface area contributed by atoms with Crippen molar-refractivity contribution in [3.05, 3.63) is 33.9 Å². The van der Waals surface area contributed by atoms with Gasteiger partial charge in [0.05, 0.1) is 4.92 Å². The second kappa shape index (κ2) is 4.09. The first kappa shape index (κ1) is 12.4. The van der Waals surface area contributed by atoms with Crippen LogP contribution < -0.4 is 5.73 Å². The Morgan fingerprint density at radius 2 is 2.00 bits per heavy atom. The minimum atomic E-state index is -0.617. The van der Waals surface area contributed by atoms with Crippen LogP contribution in [0.4, 0.5) is 5.69 Å². The minimum absolute atomic E-state index is 0.190. The zero-order valence-electron chi connectivity index (χ0n) is 9.60. The molecule has 0 saturated carbocycles. The van der Waals surface area contributed by atoms with Gasteiger partial charge in [-0.25, -0.2) is 0 Å². The molecule has 0 aliphatic heterocycles. The normalized spacial score (nSPS) is 13.5. The lowest BCUT2D eigenvalue weighted by Gasteiger charge is -2.27. The molecule has 88 valence electrons. The van der Waals surface area contributed by atoms with Crippen molar-refractivity contribution in [2.45, 2.75) is 26.8 Å². The van der Waals surface area contributed by atoms with Crippen LogP contribution in [0.2, 0.25) is 0 Å². The van der Waals surface area contributed by atoms with Crippen molar-refractivity contribution < 1.29 is 10.0 Å². The van der Waals surface area contributed by atoms with Gasteiger partial charge in [-0.05, 0) is 17.0 Å². The van der Waals surface area contributed by atoms with Crippen LogP contribution in [0, 0.1) is 15.5 Å². The summed E-state index contributed by atoms with van der Waals surface area (Å²) >= 11 is 0. The van der Waals surface area contributed by atoms with E-state index in [0.717, 1.165) is 0 Å². The van der Waals surface area contributed by atoms with E-state index >= 15 is 0 Å². The van der Waals surface area contributed by atoms with Crippen molar-refractivity contribution in [3.8, 4) is 5.75 Å². The first-order chi connectivity index (χ1) is 7.23. The summed E-state index contributed by atoms with van der Waals surface area (Å²) in [5.74, 6) is -0.338. The van der Waals surface area contributed by atoms with Crippen LogP contribution in [-0.2, 0) is 0 Å². The van der Waals surface area contributed by atoms with E-state index in [0.29, 0.717) is 5.56 Å². The highest BCUT2D eigenvalue weighted by atomic mass is 16.6. The van der Waals surface area contributed by atoms with Crippen molar-refractivity contribution in [3.63, 3.8) is 0 Å². The van der Waals surface area contributed by atoms with E-state index in [2.05, 4.69) is 0 Å². The Balaban J connectivity index is 3.18. The summed E-state index contributed by atoms with van der Waals surface area (Å²) in [6.45, 7) is 5.86. The average Bonchev–Trinajstić information content (AvgIpc) is 2.15. The summed E-state index contributed by atoms with van der Waals surface area (Å²) in [6.07, 6.45) is 0. The van der Waals surface area contributed by atoms with Crippen LogP contribution in [0.5, 0.6) is 5.75 Å². The molecule has 5 nitrogen and oxygen atoms in total. The van der Waals surface area contributed by atoms with Gasteiger partial charge in [-0.1, -0.05) is 26.8 Å². The highest BCUT2D eigenvalue weighted by molar-refractivity contribution is 5.48. The standard InChI is InChI=1S/C11H16N2O3/c1-11(2,3)10(12)7-4-5-9(14)8(6-7)13(15)16/h4-6,10,14H,12H2,1-3H3/t10-/m1/s1. The zero-order valence-corrected chi connectivity index (χ0v) is 9.60. The predicted octanol–water partition coefficient (Wildman–Crippen LogP) is 2.35. The Labute approximate surface area is 94.0 Å². The Morgan fingerprint density at radius 3 is 2.44 bits per heavy atom. The number of aromatic hydroxyl groups is 1. The maximum absolute atomic E-state index is 10.7. The molecule has 1 rings (SSSR count). The third-order valence-corrected chi connectivity index (χ3v) is 2.49. The summed E-state index contributed by atoms with van der Waals surface area (Å²) in [6, 6.07) is 3.93. The number of nitro benzene ring substituents is 1. The molecule has 0 heterocycles. The SMILES string of the molecule is CC(C)(C)[C@H](N)c1ccc(O)c([N+](=O)[O-])c1. The number of hydrogen-bond donors (Lipinski definition) is 2. The first-order valence-corrected chi connectivity index (χ1v) is 4.96. The van der Waals surface area contributed by atoms with Gasteiger partial charge in [0.2, 0.25) is 0 Å². The Bertz CT molecular complexity index is 410. The summed E-state index contributed by atoms with van der Waals surface area (Å²) < 4.78 is 0. The summed E-state index contributed by atoms with van der Waals surface area (Å²) in [5, 5.41) is 20.0. The number of benzene rings is 1. The number of nitro groups is 1. The molecule has 0 radical (unpaired) electrons. The lowest BCUT2D eigenvalue weighted by Crippen LogP contribution is -2.26. The van der Waals surface area contributed by atoms with E-state index in [4.69, 9.17) is 5.73 Å². The van der Waals surface area contributed by atoms with Crippen LogP contribution >= 0.6 is 0 Å². The van der Waals surface area contributed by atoms with Crippen molar-refractivity contribution in [1.29, 1.82) is 0 Å². The second-order valence-corrected chi connectivity index (χ2v) is 4.85. The smallest absolute Gasteiger partial charge is 0.311 e. The van der Waals surface area contributed by atoms with Gasteiger partial charge in [0.25, 0.3) is 0 Å². The third-order valence-electron chi connectivity index (χ3n) is 2.49. The predicted molar refractivity (Wildman–Crippen MR) is 61.1 cm³/mol. The molecule has 1 atom stereocenters. The van der Waals surface area contributed by atoms with Crippen LogP contribution in [0.25, 0.3) is 0 Å². The molecule has 5 heteroatoms. The lowest BCUT2D eigenvalue weighted by molar-refractivity contribution is -0.385. The van der Waals surface area contributed by atoms with E-state index in [-0.39, 0.29) is 22.9 Å². The van der Waals surface area contributed by atoms with Gasteiger partial charge in [0.1, 0.15) is 0 Å². The summed E-state index contributed by atoms with van der Waals surface area (Å²) in [4.78, 5) is 10.0. The molecule has 1 aromatic carbocycles. The van der Waals surface area contributed by atoms with Crippen LogP contribution in [0.15, 0.2) is 18.2 Å². The van der Waals surface area contributed by atoms with E-state index in [9.17, 15) is 15.2 Å². The molecule has 0 aliphatic carbocycles. The van der Waals surface area contributed by atoms with Gasteiger partial charge in [0.15, 0.2) is 5.75 Å². The molecular formula is C11H16N2O3. The number of hydrogen-bond acceptors (Lipinski definition) is 4. The van der Waals surface area contributed by atoms with Crippen molar-refractivity contribution in [1.82, 2.24) is 0 Å². The molecule has 0 saturated heterocycles. The number of phenols is 1. The van der Waals surface area contributed by atoms with E-state index < -0.39 is 4.92 Å². The number of nitrogens with two attached hydrogens (primary N) is 1. The monoisotopic (exact) mass is 224 g/mol. The summed E-state index contributed by atoms with van der Waals surface area (Å²) in [5.41, 5.74) is 6.14. The third kappa shape index (κ3) is 2.49. The zero-order chi connectivity index (χ0) is 12.5. The largest absolute Gasteiger partial charge is 0.502 e. The van der Waals surface area contributed by atoms with Crippen molar-refractivity contribution >= 4 is 5.69 Å². The maximum atomic E-state index is 10.7. The molecule has 0 spiro atoms. The number of phenolic OH excluding ortho intramolecular Hbond substituents is 1. The molecule has 16 heavy (non-hydrogen) atoms. The Morgan fingerprint density at radius 1 is 1.44 bits per heavy atom. The molecule has 1 aromatic rings.